The van der Waals surface area contributed by atoms with Crippen LogP contribution in [-0.4, -0.2) is 41.9 Å². The number of thiophene rings is 1. The van der Waals surface area contributed by atoms with Gasteiger partial charge in [-0.2, -0.15) is 0 Å². The number of hydrogen-bond donors (Lipinski definition) is 2. The Balaban J connectivity index is 1.56. The molecule has 8 nitrogen and oxygen atoms in total. The number of carbonyl (C=O) groups excluding carboxylic acids is 4. The zero-order valence-electron chi connectivity index (χ0n) is 20.5. The fourth-order valence-electron chi connectivity index (χ4n) is 4.81. The Morgan fingerprint density at radius 3 is 2.60 bits per heavy atom. The van der Waals surface area contributed by atoms with Gasteiger partial charge in [0.2, 0.25) is 5.91 Å². The van der Waals surface area contributed by atoms with E-state index in [1.54, 1.807) is 6.92 Å². The molecule has 2 N–H and O–H groups in total. The number of benzene rings is 1. The first kappa shape index (κ1) is 24.9. The molecule has 2 aliphatic rings. The summed E-state index contributed by atoms with van der Waals surface area (Å²) in [6.07, 6.45) is 2.90. The Labute approximate surface area is 209 Å². The molecule has 186 valence electrons. The van der Waals surface area contributed by atoms with E-state index in [0.29, 0.717) is 28.5 Å². The second-order valence-electron chi connectivity index (χ2n) is 9.27. The Morgan fingerprint density at radius 1 is 1.23 bits per heavy atom. The third kappa shape index (κ3) is 4.57. The predicted octanol–water partition coefficient (Wildman–Crippen LogP) is 4.15. The molecule has 1 fully saturated rings. The minimum atomic E-state index is -1.21. The zero-order chi connectivity index (χ0) is 25.3. The number of amides is 4. The molecule has 9 heteroatoms. The van der Waals surface area contributed by atoms with Crippen LogP contribution in [0.2, 0.25) is 0 Å². The van der Waals surface area contributed by atoms with E-state index in [-0.39, 0.29) is 6.61 Å². The van der Waals surface area contributed by atoms with Gasteiger partial charge in [-0.25, -0.2) is 9.59 Å². The number of rotatable bonds is 7. The molecule has 0 bridgehead atoms. The molecule has 1 aromatic heterocycles. The first-order valence-electron chi connectivity index (χ1n) is 12.0. The topological polar surface area (TPSA) is 105 Å². The largest absolute Gasteiger partial charge is 0.462 e. The maximum Gasteiger partial charge on any atom is 0.341 e. The van der Waals surface area contributed by atoms with Gasteiger partial charge in [0, 0.05) is 4.88 Å². The van der Waals surface area contributed by atoms with Gasteiger partial charge in [-0.1, -0.05) is 43.7 Å². The molecule has 0 saturated carbocycles. The van der Waals surface area contributed by atoms with Crippen LogP contribution in [0.3, 0.4) is 0 Å². The molecule has 4 amide bonds. The third-order valence-corrected chi connectivity index (χ3v) is 7.97. The predicted molar refractivity (Wildman–Crippen MR) is 133 cm³/mol. The molecule has 2 atom stereocenters. The number of nitrogens with zero attached hydrogens (tertiary/aromatic N) is 1. The average Bonchev–Trinajstić information content (AvgIpc) is 3.29. The van der Waals surface area contributed by atoms with Gasteiger partial charge in [0.15, 0.2) is 0 Å². The number of esters is 1. The van der Waals surface area contributed by atoms with Gasteiger partial charge in [-0.3, -0.25) is 14.5 Å². The molecule has 0 spiro atoms. The van der Waals surface area contributed by atoms with Crippen LogP contribution in [0.5, 0.6) is 0 Å². The van der Waals surface area contributed by atoms with Gasteiger partial charge >= 0.3 is 12.0 Å². The molecular weight excluding hydrogens is 466 g/mol. The summed E-state index contributed by atoms with van der Waals surface area (Å²) in [5, 5.41) is 6.00. The van der Waals surface area contributed by atoms with Crippen molar-refractivity contribution in [2.75, 3.05) is 18.5 Å². The van der Waals surface area contributed by atoms with Crippen molar-refractivity contribution in [3.05, 3.63) is 51.4 Å². The average molecular weight is 498 g/mol. The number of imide groups is 1. The van der Waals surface area contributed by atoms with Crippen LogP contribution in [-0.2, 0) is 32.7 Å². The monoisotopic (exact) mass is 497 g/mol. The van der Waals surface area contributed by atoms with E-state index in [9.17, 15) is 19.2 Å². The van der Waals surface area contributed by atoms with Crippen molar-refractivity contribution < 1.29 is 23.9 Å². The summed E-state index contributed by atoms with van der Waals surface area (Å²) in [4.78, 5) is 53.9. The van der Waals surface area contributed by atoms with Gasteiger partial charge in [0.25, 0.3) is 5.91 Å². The summed E-state index contributed by atoms with van der Waals surface area (Å²) in [6, 6.07) is 6.81. The van der Waals surface area contributed by atoms with E-state index in [1.165, 1.54) is 11.3 Å². The van der Waals surface area contributed by atoms with Crippen LogP contribution in [0.25, 0.3) is 0 Å². The molecule has 0 radical (unpaired) electrons. The number of anilines is 1. The second kappa shape index (κ2) is 9.81. The van der Waals surface area contributed by atoms with Crippen molar-refractivity contribution in [1.29, 1.82) is 0 Å². The van der Waals surface area contributed by atoms with Crippen LogP contribution < -0.4 is 10.6 Å². The lowest BCUT2D eigenvalue weighted by Gasteiger charge is -2.25. The Hall–Kier alpha value is -3.20. The van der Waals surface area contributed by atoms with E-state index in [0.717, 1.165) is 40.2 Å². The fraction of sp³-hybridized carbons (Fsp3) is 0.462. The quantitative estimate of drug-likeness (QED) is 0.442. The molecule has 1 aromatic carbocycles. The van der Waals surface area contributed by atoms with E-state index < -0.39 is 35.9 Å². The van der Waals surface area contributed by atoms with Gasteiger partial charge < -0.3 is 15.4 Å². The van der Waals surface area contributed by atoms with Crippen LogP contribution in [0.15, 0.2) is 24.3 Å². The maximum absolute atomic E-state index is 13.4. The summed E-state index contributed by atoms with van der Waals surface area (Å²) in [6.45, 7) is 7.46. The highest BCUT2D eigenvalue weighted by atomic mass is 32.1. The number of urea groups is 1. The zero-order valence-corrected chi connectivity index (χ0v) is 21.3. The highest BCUT2D eigenvalue weighted by molar-refractivity contribution is 7.17. The highest BCUT2D eigenvalue weighted by Gasteiger charge is 2.51. The van der Waals surface area contributed by atoms with Crippen LogP contribution in [0.1, 0.15) is 65.5 Å². The summed E-state index contributed by atoms with van der Waals surface area (Å²) >= 11 is 1.37. The number of ether oxygens (including phenoxy) is 1. The van der Waals surface area contributed by atoms with E-state index in [2.05, 4.69) is 17.6 Å². The van der Waals surface area contributed by atoms with Crippen molar-refractivity contribution >= 4 is 40.2 Å². The Bertz CT molecular complexity index is 1170. The van der Waals surface area contributed by atoms with E-state index in [1.807, 2.05) is 38.1 Å². The summed E-state index contributed by atoms with van der Waals surface area (Å²) in [5.41, 5.74) is 1.84. The van der Waals surface area contributed by atoms with E-state index in [4.69, 9.17) is 4.74 Å². The van der Waals surface area contributed by atoms with Crippen molar-refractivity contribution in [3.63, 3.8) is 0 Å². The molecule has 1 saturated heterocycles. The number of hydrogen-bond acceptors (Lipinski definition) is 6. The molecule has 35 heavy (non-hydrogen) atoms. The first-order valence-corrected chi connectivity index (χ1v) is 12.8. The summed E-state index contributed by atoms with van der Waals surface area (Å²) < 4.78 is 5.26. The number of aryl methyl sites for hydroxylation is 1. The number of fused-ring (bicyclic) bond motifs is 1. The van der Waals surface area contributed by atoms with Gasteiger partial charge in [-0.15, -0.1) is 11.3 Å². The molecule has 1 aliphatic heterocycles. The summed E-state index contributed by atoms with van der Waals surface area (Å²) in [5.74, 6) is -0.973. The van der Waals surface area contributed by atoms with Gasteiger partial charge in [0.1, 0.15) is 17.1 Å². The molecule has 1 aliphatic carbocycles. The lowest BCUT2D eigenvalue weighted by molar-refractivity contribution is -0.134. The van der Waals surface area contributed by atoms with E-state index >= 15 is 0 Å². The number of carbonyl (C=O) groups is 4. The SMILES string of the molecule is CCOC(=O)c1c(NC(=O)CN2C(=O)NC(CC)(c3ccc(C)cc3)C2=O)sc2c1CCC(C)C2. The Kier molecular flexibility index (Phi) is 6.98. The van der Waals surface area contributed by atoms with Gasteiger partial charge in [0.05, 0.1) is 12.2 Å². The van der Waals surface area contributed by atoms with Crippen LogP contribution in [0.4, 0.5) is 9.80 Å². The number of nitrogens with one attached hydrogen (secondary N) is 2. The summed E-state index contributed by atoms with van der Waals surface area (Å²) in [7, 11) is 0. The molecular formula is C26H31N3O5S. The molecule has 2 heterocycles. The second-order valence-corrected chi connectivity index (χ2v) is 10.4. The van der Waals surface area contributed by atoms with Crippen molar-refractivity contribution in [3.8, 4) is 0 Å². The third-order valence-electron chi connectivity index (χ3n) is 6.80. The van der Waals surface area contributed by atoms with Gasteiger partial charge in [-0.05, 0) is 56.6 Å². The minimum Gasteiger partial charge on any atom is -0.462 e. The molecule has 2 unspecified atom stereocenters. The lowest BCUT2D eigenvalue weighted by Crippen LogP contribution is -2.44. The van der Waals surface area contributed by atoms with Crippen molar-refractivity contribution in [2.45, 2.75) is 58.9 Å². The minimum absolute atomic E-state index is 0.230. The van der Waals surface area contributed by atoms with Crippen LogP contribution >= 0.6 is 11.3 Å². The Morgan fingerprint density at radius 2 is 1.94 bits per heavy atom. The smallest absolute Gasteiger partial charge is 0.341 e. The van der Waals surface area contributed by atoms with Crippen molar-refractivity contribution in [2.24, 2.45) is 5.92 Å². The standard InChI is InChI=1S/C26H31N3O5S/c1-5-26(17-10-7-15(3)8-11-17)24(32)29(25(33)28-26)14-20(30)27-22-21(23(31)34-6-2)18-12-9-16(4)13-19(18)35-22/h7-8,10-11,16H,5-6,9,12-14H2,1-4H3,(H,27,30)(H,28,33). The molecule has 2 aromatic rings. The highest BCUT2D eigenvalue weighted by Crippen LogP contribution is 2.40. The molecule has 4 rings (SSSR count). The normalized spacial score (nSPS) is 21.5. The first-order chi connectivity index (χ1) is 16.7. The van der Waals surface area contributed by atoms with Crippen LogP contribution in [0, 0.1) is 12.8 Å². The lowest BCUT2D eigenvalue weighted by atomic mass is 9.87. The fourth-order valence-corrected chi connectivity index (χ4v) is 6.23. The van der Waals surface area contributed by atoms with Crippen molar-refractivity contribution in [1.82, 2.24) is 10.2 Å². The maximum atomic E-state index is 13.4.